The molecule has 1 aromatic carbocycles. The predicted molar refractivity (Wildman–Crippen MR) is 74.8 cm³/mol. The van der Waals surface area contributed by atoms with Gasteiger partial charge in [0, 0.05) is 18.2 Å². The van der Waals surface area contributed by atoms with Gasteiger partial charge in [0.15, 0.2) is 11.6 Å². The first kappa shape index (κ1) is 16.5. The summed E-state index contributed by atoms with van der Waals surface area (Å²) in [6, 6.07) is 4.22. The molecule has 4 nitrogen and oxygen atoms in total. The molecule has 0 atom stereocenters. The largest absolute Gasteiger partial charge is 0.490 e. The van der Waals surface area contributed by atoms with Crippen molar-refractivity contribution in [2.75, 3.05) is 25.2 Å². The summed E-state index contributed by atoms with van der Waals surface area (Å²) in [7, 11) is -3.03. The Kier molecular flexibility index (Phi) is 6.49. The van der Waals surface area contributed by atoms with Crippen molar-refractivity contribution >= 4 is 9.84 Å². The second-order valence-corrected chi connectivity index (χ2v) is 6.51. The van der Waals surface area contributed by atoms with Crippen LogP contribution in [0, 0.1) is 17.7 Å². The number of ether oxygens (including phenoxy) is 1. The maximum absolute atomic E-state index is 13.5. The molecule has 0 radical (unpaired) electrons. The zero-order valence-electron chi connectivity index (χ0n) is 11.2. The van der Waals surface area contributed by atoms with Crippen LogP contribution in [0.4, 0.5) is 4.39 Å². The number of rotatable bonds is 6. The Balaban J connectivity index is 2.61. The van der Waals surface area contributed by atoms with Crippen LogP contribution in [-0.4, -0.2) is 38.7 Å². The van der Waals surface area contributed by atoms with Crippen LogP contribution in [0.15, 0.2) is 18.2 Å². The molecule has 0 heterocycles. The van der Waals surface area contributed by atoms with E-state index in [0.29, 0.717) is 18.4 Å². The molecule has 0 bridgehead atoms. The summed E-state index contributed by atoms with van der Waals surface area (Å²) in [6.45, 7) is 0.0978. The highest BCUT2D eigenvalue weighted by molar-refractivity contribution is 7.90. The standard InChI is InChI=1S/C14H17FO4S/c1-20(17,18)10-4-9-19-14-11-12(5-2-3-8-16)6-7-13(14)15/h6-7,11,16H,3-4,8-10H2,1H3. The van der Waals surface area contributed by atoms with Crippen LogP contribution in [0.25, 0.3) is 0 Å². The van der Waals surface area contributed by atoms with Crippen molar-refractivity contribution in [2.45, 2.75) is 12.8 Å². The summed E-state index contributed by atoms with van der Waals surface area (Å²) in [5.41, 5.74) is 0.581. The zero-order valence-corrected chi connectivity index (χ0v) is 12.0. The summed E-state index contributed by atoms with van der Waals surface area (Å²) in [5.74, 6) is 5.04. The van der Waals surface area contributed by atoms with E-state index < -0.39 is 15.7 Å². The van der Waals surface area contributed by atoms with E-state index in [4.69, 9.17) is 9.84 Å². The molecule has 0 unspecified atom stereocenters. The highest BCUT2D eigenvalue weighted by Crippen LogP contribution is 2.18. The quantitative estimate of drug-likeness (QED) is 0.637. The molecule has 1 aromatic rings. The molecular formula is C14H17FO4S. The van der Waals surface area contributed by atoms with E-state index in [1.807, 2.05) is 0 Å². The van der Waals surface area contributed by atoms with Gasteiger partial charge in [0.05, 0.1) is 19.0 Å². The maximum atomic E-state index is 13.5. The highest BCUT2D eigenvalue weighted by Gasteiger charge is 2.06. The maximum Gasteiger partial charge on any atom is 0.165 e. The van der Waals surface area contributed by atoms with E-state index in [9.17, 15) is 12.8 Å². The Hall–Kier alpha value is -1.58. The van der Waals surface area contributed by atoms with Gasteiger partial charge in [0.1, 0.15) is 9.84 Å². The van der Waals surface area contributed by atoms with E-state index in [-0.39, 0.29) is 24.7 Å². The summed E-state index contributed by atoms with van der Waals surface area (Å²) in [4.78, 5) is 0. The second-order valence-electron chi connectivity index (χ2n) is 4.25. The molecule has 0 aliphatic carbocycles. The third-order valence-electron chi connectivity index (χ3n) is 2.32. The van der Waals surface area contributed by atoms with E-state index in [2.05, 4.69) is 11.8 Å². The number of hydrogen-bond donors (Lipinski definition) is 1. The van der Waals surface area contributed by atoms with Crippen molar-refractivity contribution in [3.8, 4) is 17.6 Å². The SMILES string of the molecule is CS(=O)(=O)CCCOc1cc(C#CCCO)ccc1F. The van der Waals surface area contributed by atoms with Crippen LogP contribution in [-0.2, 0) is 9.84 Å². The minimum absolute atomic E-state index is 0.00458. The first-order chi connectivity index (χ1) is 9.42. The fourth-order valence-corrected chi connectivity index (χ4v) is 2.06. The lowest BCUT2D eigenvalue weighted by atomic mass is 10.2. The molecule has 0 saturated carbocycles. The van der Waals surface area contributed by atoms with Crippen LogP contribution < -0.4 is 4.74 Å². The lowest BCUT2D eigenvalue weighted by Gasteiger charge is -2.07. The molecule has 0 spiro atoms. The van der Waals surface area contributed by atoms with Gasteiger partial charge in [-0.1, -0.05) is 11.8 Å². The van der Waals surface area contributed by atoms with Gasteiger partial charge in [0.2, 0.25) is 0 Å². The predicted octanol–water partition coefficient (Wildman–Crippen LogP) is 1.37. The van der Waals surface area contributed by atoms with E-state index in [1.54, 1.807) is 0 Å². The fraction of sp³-hybridized carbons (Fsp3) is 0.429. The van der Waals surface area contributed by atoms with Gasteiger partial charge in [-0.3, -0.25) is 0 Å². The van der Waals surface area contributed by atoms with Crippen molar-refractivity contribution in [1.29, 1.82) is 0 Å². The molecule has 0 aliphatic rings. The first-order valence-corrected chi connectivity index (χ1v) is 8.18. The van der Waals surface area contributed by atoms with Crippen LogP contribution in [0.1, 0.15) is 18.4 Å². The van der Waals surface area contributed by atoms with Gasteiger partial charge in [-0.25, -0.2) is 12.8 Å². The van der Waals surface area contributed by atoms with E-state index in [0.717, 1.165) is 6.26 Å². The Morgan fingerprint density at radius 3 is 2.80 bits per heavy atom. The third-order valence-corrected chi connectivity index (χ3v) is 3.35. The first-order valence-electron chi connectivity index (χ1n) is 6.12. The summed E-state index contributed by atoms with van der Waals surface area (Å²) in [5, 5.41) is 8.62. The minimum atomic E-state index is -3.03. The highest BCUT2D eigenvalue weighted by atomic mass is 32.2. The van der Waals surface area contributed by atoms with Crippen LogP contribution >= 0.6 is 0 Å². The topological polar surface area (TPSA) is 63.6 Å². The summed E-state index contributed by atoms with van der Waals surface area (Å²) in [6.07, 6.45) is 1.80. The average Bonchev–Trinajstić information content (AvgIpc) is 2.37. The van der Waals surface area contributed by atoms with E-state index >= 15 is 0 Å². The molecule has 0 saturated heterocycles. The van der Waals surface area contributed by atoms with Crippen molar-refractivity contribution in [3.63, 3.8) is 0 Å². The van der Waals surface area contributed by atoms with Gasteiger partial charge in [-0.05, 0) is 24.6 Å². The van der Waals surface area contributed by atoms with E-state index in [1.165, 1.54) is 18.2 Å². The molecule has 0 fully saturated rings. The third kappa shape index (κ3) is 6.55. The molecule has 1 rings (SSSR count). The van der Waals surface area contributed by atoms with Gasteiger partial charge in [0.25, 0.3) is 0 Å². The Labute approximate surface area is 118 Å². The fourth-order valence-electron chi connectivity index (χ4n) is 1.42. The van der Waals surface area contributed by atoms with Crippen molar-refractivity contribution in [2.24, 2.45) is 0 Å². The average molecular weight is 300 g/mol. The number of sulfone groups is 1. The van der Waals surface area contributed by atoms with Crippen LogP contribution in [0.3, 0.4) is 0 Å². The van der Waals surface area contributed by atoms with Crippen LogP contribution in [0.5, 0.6) is 5.75 Å². The van der Waals surface area contributed by atoms with Gasteiger partial charge < -0.3 is 9.84 Å². The molecule has 110 valence electrons. The van der Waals surface area contributed by atoms with Gasteiger partial charge in [-0.2, -0.15) is 0 Å². The van der Waals surface area contributed by atoms with Gasteiger partial charge in [-0.15, -0.1) is 0 Å². The second kappa shape index (κ2) is 7.88. The number of halogens is 1. The Morgan fingerprint density at radius 2 is 2.15 bits per heavy atom. The smallest absolute Gasteiger partial charge is 0.165 e. The Morgan fingerprint density at radius 1 is 1.40 bits per heavy atom. The molecule has 0 aromatic heterocycles. The van der Waals surface area contributed by atoms with Crippen LogP contribution in [0.2, 0.25) is 0 Å². The zero-order chi connectivity index (χ0) is 15.0. The molecule has 1 N–H and O–H groups in total. The molecule has 0 aliphatic heterocycles. The summed E-state index contributed by atoms with van der Waals surface area (Å²) >= 11 is 0. The van der Waals surface area contributed by atoms with Gasteiger partial charge >= 0.3 is 0 Å². The van der Waals surface area contributed by atoms with Crippen molar-refractivity contribution in [3.05, 3.63) is 29.6 Å². The lowest BCUT2D eigenvalue weighted by Crippen LogP contribution is -2.08. The number of aliphatic hydroxyl groups is 1. The number of hydrogen-bond acceptors (Lipinski definition) is 4. The molecular weight excluding hydrogens is 283 g/mol. The summed E-state index contributed by atoms with van der Waals surface area (Å²) < 4.78 is 40.6. The Bertz CT molecular complexity index is 599. The lowest BCUT2D eigenvalue weighted by molar-refractivity contribution is 0.301. The minimum Gasteiger partial charge on any atom is -0.490 e. The number of aliphatic hydroxyl groups excluding tert-OH is 1. The molecule has 0 amide bonds. The molecule has 6 heteroatoms. The molecule has 20 heavy (non-hydrogen) atoms. The van der Waals surface area contributed by atoms with Crippen molar-refractivity contribution in [1.82, 2.24) is 0 Å². The van der Waals surface area contributed by atoms with Crippen molar-refractivity contribution < 1.29 is 22.7 Å². The number of benzene rings is 1. The monoisotopic (exact) mass is 300 g/mol. The normalized spacial score (nSPS) is 10.8.